The van der Waals surface area contributed by atoms with Crippen LogP contribution < -0.4 is 0 Å². The molecule has 0 bridgehead atoms. The molecule has 0 amide bonds. The summed E-state index contributed by atoms with van der Waals surface area (Å²) in [6, 6.07) is 0. The van der Waals surface area contributed by atoms with Crippen LogP contribution in [0.1, 0.15) is 59.3 Å². The van der Waals surface area contributed by atoms with Gasteiger partial charge in [-0.3, -0.25) is 0 Å². The molecule has 2 atom stereocenters. The van der Waals surface area contributed by atoms with Crippen LogP contribution in [0.5, 0.6) is 0 Å². The molecule has 0 unspecified atom stereocenters. The van der Waals surface area contributed by atoms with Crippen LogP contribution in [-0.4, -0.2) is 0 Å². The first-order chi connectivity index (χ1) is 5.72. The standard InChI is InChI=1S/C12H24/c1-4-11-6-5-7-12(9-11)8-10(2)3/h10-12H,4-9H2,1-3H3/t11-,12+/m1/s1. The van der Waals surface area contributed by atoms with Gasteiger partial charge in [-0.2, -0.15) is 0 Å². The number of hydrogen-bond acceptors (Lipinski definition) is 0. The molecule has 72 valence electrons. The van der Waals surface area contributed by atoms with Gasteiger partial charge in [-0.05, 0) is 30.6 Å². The molecule has 1 aliphatic carbocycles. The van der Waals surface area contributed by atoms with Crippen molar-refractivity contribution in [2.45, 2.75) is 59.3 Å². The van der Waals surface area contributed by atoms with E-state index in [0.29, 0.717) is 0 Å². The third-order valence-electron chi connectivity index (χ3n) is 3.27. The maximum atomic E-state index is 2.36. The Bertz CT molecular complexity index is 115. The molecule has 0 radical (unpaired) electrons. The second-order valence-corrected chi connectivity index (χ2v) is 4.94. The molecule has 0 spiro atoms. The topological polar surface area (TPSA) is 0 Å². The monoisotopic (exact) mass is 168 g/mol. The van der Waals surface area contributed by atoms with Gasteiger partial charge in [-0.1, -0.05) is 46.5 Å². The Kier molecular flexibility index (Phi) is 4.11. The third kappa shape index (κ3) is 3.16. The van der Waals surface area contributed by atoms with Crippen molar-refractivity contribution in [1.29, 1.82) is 0 Å². The highest BCUT2D eigenvalue weighted by molar-refractivity contribution is 4.73. The van der Waals surface area contributed by atoms with Crippen LogP contribution in [0, 0.1) is 17.8 Å². The highest BCUT2D eigenvalue weighted by Crippen LogP contribution is 2.34. The Morgan fingerprint density at radius 3 is 2.42 bits per heavy atom. The van der Waals surface area contributed by atoms with Gasteiger partial charge in [0.1, 0.15) is 0 Å². The lowest BCUT2D eigenvalue weighted by atomic mass is 9.77. The fourth-order valence-corrected chi connectivity index (χ4v) is 2.65. The van der Waals surface area contributed by atoms with Crippen LogP contribution in [0.2, 0.25) is 0 Å². The summed E-state index contributed by atoms with van der Waals surface area (Å²) in [4.78, 5) is 0. The van der Waals surface area contributed by atoms with E-state index in [1.165, 1.54) is 38.5 Å². The summed E-state index contributed by atoms with van der Waals surface area (Å²) < 4.78 is 0. The maximum absolute atomic E-state index is 2.36. The highest BCUT2D eigenvalue weighted by Gasteiger charge is 2.20. The van der Waals surface area contributed by atoms with E-state index in [1.54, 1.807) is 0 Å². The fraction of sp³-hybridized carbons (Fsp3) is 1.00. The van der Waals surface area contributed by atoms with Gasteiger partial charge in [0.05, 0.1) is 0 Å². The summed E-state index contributed by atoms with van der Waals surface area (Å²) in [5.74, 6) is 3.02. The van der Waals surface area contributed by atoms with Crippen LogP contribution in [0.15, 0.2) is 0 Å². The highest BCUT2D eigenvalue weighted by atomic mass is 14.3. The van der Waals surface area contributed by atoms with E-state index in [2.05, 4.69) is 20.8 Å². The van der Waals surface area contributed by atoms with Crippen molar-refractivity contribution in [3.05, 3.63) is 0 Å². The zero-order valence-corrected chi connectivity index (χ0v) is 8.97. The molecule has 1 fully saturated rings. The second kappa shape index (κ2) is 4.89. The van der Waals surface area contributed by atoms with Crippen molar-refractivity contribution in [1.82, 2.24) is 0 Å². The first-order valence-corrected chi connectivity index (χ1v) is 5.72. The second-order valence-electron chi connectivity index (χ2n) is 4.94. The lowest BCUT2D eigenvalue weighted by molar-refractivity contribution is 0.231. The molecule has 0 aromatic heterocycles. The lowest BCUT2D eigenvalue weighted by Crippen LogP contribution is -2.16. The van der Waals surface area contributed by atoms with Crippen molar-refractivity contribution in [2.75, 3.05) is 0 Å². The first kappa shape index (κ1) is 10.1. The van der Waals surface area contributed by atoms with Crippen LogP contribution in [0.25, 0.3) is 0 Å². The summed E-state index contributed by atoms with van der Waals surface area (Å²) in [5, 5.41) is 0. The maximum Gasteiger partial charge on any atom is -0.0409 e. The number of rotatable bonds is 3. The zero-order valence-electron chi connectivity index (χ0n) is 8.97. The van der Waals surface area contributed by atoms with Crippen molar-refractivity contribution in [3.63, 3.8) is 0 Å². The summed E-state index contributed by atoms with van der Waals surface area (Å²) in [6.07, 6.45) is 8.91. The van der Waals surface area contributed by atoms with Crippen LogP contribution in [0.4, 0.5) is 0 Å². The average molecular weight is 168 g/mol. The van der Waals surface area contributed by atoms with E-state index in [0.717, 1.165) is 17.8 Å². The normalized spacial score (nSPS) is 31.0. The quantitative estimate of drug-likeness (QED) is 0.591. The van der Waals surface area contributed by atoms with Gasteiger partial charge in [0.25, 0.3) is 0 Å². The molecule has 1 saturated carbocycles. The van der Waals surface area contributed by atoms with E-state index < -0.39 is 0 Å². The Hall–Kier alpha value is 0. The Labute approximate surface area is 77.7 Å². The Balaban J connectivity index is 2.25. The number of hydrogen-bond donors (Lipinski definition) is 0. The van der Waals surface area contributed by atoms with E-state index in [-0.39, 0.29) is 0 Å². The lowest BCUT2D eigenvalue weighted by Gasteiger charge is -2.29. The van der Waals surface area contributed by atoms with Crippen molar-refractivity contribution >= 4 is 0 Å². The smallest absolute Gasteiger partial charge is 0.0409 e. The Morgan fingerprint density at radius 2 is 1.83 bits per heavy atom. The van der Waals surface area contributed by atoms with Gasteiger partial charge in [0.15, 0.2) is 0 Å². The van der Waals surface area contributed by atoms with Gasteiger partial charge >= 0.3 is 0 Å². The minimum atomic E-state index is 0.908. The summed E-state index contributed by atoms with van der Waals surface area (Å²) >= 11 is 0. The minimum absolute atomic E-state index is 0.908. The molecule has 0 saturated heterocycles. The van der Waals surface area contributed by atoms with E-state index in [9.17, 15) is 0 Å². The molecular weight excluding hydrogens is 144 g/mol. The molecule has 0 aromatic carbocycles. The van der Waals surface area contributed by atoms with Crippen LogP contribution in [-0.2, 0) is 0 Å². The summed E-state index contributed by atoms with van der Waals surface area (Å²) in [5.41, 5.74) is 0. The van der Waals surface area contributed by atoms with E-state index in [1.807, 2.05) is 0 Å². The van der Waals surface area contributed by atoms with Gasteiger partial charge < -0.3 is 0 Å². The third-order valence-corrected chi connectivity index (χ3v) is 3.27. The SMILES string of the molecule is CC[C@@H]1CCC[C@@H](CC(C)C)C1. The molecule has 0 heterocycles. The predicted molar refractivity (Wildman–Crippen MR) is 55.2 cm³/mol. The molecule has 1 aliphatic rings. The van der Waals surface area contributed by atoms with Crippen LogP contribution >= 0.6 is 0 Å². The van der Waals surface area contributed by atoms with Gasteiger partial charge in [0.2, 0.25) is 0 Å². The molecular formula is C12H24. The molecule has 0 aromatic rings. The first-order valence-electron chi connectivity index (χ1n) is 5.72. The largest absolute Gasteiger partial charge is 0.0651 e. The molecule has 0 nitrogen and oxygen atoms in total. The van der Waals surface area contributed by atoms with Gasteiger partial charge in [0, 0.05) is 0 Å². The van der Waals surface area contributed by atoms with Crippen molar-refractivity contribution in [2.24, 2.45) is 17.8 Å². The van der Waals surface area contributed by atoms with Crippen molar-refractivity contribution < 1.29 is 0 Å². The van der Waals surface area contributed by atoms with Gasteiger partial charge in [-0.25, -0.2) is 0 Å². The molecule has 0 aliphatic heterocycles. The van der Waals surface area contributed by atoms with Crippen molar-refractivity contribution in [3.8, 4) is 0 Å². The van der Waals surface area contributed by atoms with E-state index >= 15 is 0 Å². The fourth-order valence-electron chi connectivity index (χ4n) is 2.65. The van der Waals surface area contributed by atoms with E-state index in [4.69, 9.17) is 0 Å². The van der Waals surface area contributed by atoms with Crippen LogP contribution in [0.3, 0.4) is 0 Å². The summed E-state index contributed by atoms with van der Waals surface area (Å²) in [6.45, 7) is 7.06. The zero-order chi connectivity index (χ0) is 8.97. The molecule has 0 heteroatoms. The molecule has 0 N–H and O–H groups in total. The summed E-state index contributed by atoms with van der Waals surface area (Å²) in [7, 11) is 0. The minimum Gasteiger partial charge on any atom is -0.0651 e. The molecule has 12 heavy (non-hydrogen) atoms. The average Bonchev–Trinajstić information content (AvgIpc) is 2.03. The van der Waals surface area contributed by atoms with Gasteiger partial charge in [-0.15, -0.1) is 0 Å². The predicted octanol–water partition coefficient (Wildman–Crippen LogP) is 4.25. The Morgan fingerprint density at radius 1 is 1.17 bits per heavy atom. The molecule has 1 rings (SSSR count).